The minimum absolute atomic E-state index is 0.0422. The van der Waals surface area contributed by atoms with E-state index >= 15 is 0 Å². The van der Waals surface area contributed by atoms with Gasteiger partial charge in [0.2, 0.25) is 10.0 Å². The Balaban J connectivity index is 2.77. The molecule has 5 nitrogen and oxygen atoms in total. The van der Waals surface area contributed by atoms with Gasteiger partial charge < -0.3 is 10.8 Å². The number of benzene rings is 1. The summed E-state index contributed by atoms with van der Waals surface area (Å²) in [5.74, 6) is 0. The van der Waals surface area contributed by atoms with Gasteiger partial charge in [-0.05, 0) is 24.6 Å². The van der Waals surface area contributed by atoms with Crippen molar-refractivity contribution in [2.45, 2.75) is 11.3 Å². The SMILES string of the molecule is Nc1cccc(S(=O)(=O)NCCCO)c1. The molecule has 6 heteroatoms. The lowest BCUT2D eigenvalue weighted by atomic mass is 10.3. The summed E-state index contributed by atoms with van der Waals surface area (Å²) in [6, 6.07) is 6.06. The largest absolute Gasteiger partial charge is 0.399 e. The third-order valence-electron chi connectivity index (χ3n) is 1.80. The standard InChI is InChI=1S/C9H14N2O3S/c10-8-3-1-4-9(7-8)15(13,14)11-5-2-6-12/h1,3-4,7,11-12H,2,5-6,10H2. The van der Waals surface area contributed by atoms with Crippen LogP contribution < -0.4 is 10.5 Å². The smallest absolute Gasteiger partial charge is 0.240 e. The monoisotopic (exact) mass is 230 g/mol. The minimum atomic E-state index is -3.50. The van der Waals surface area contributed by atoms with Crippen molar-refractivity contribution >= 4 is 15.7 Å². The summed E-state index contributed by atoms with van der Waals surface area (Å²) in [5, 5.41) is 8.52. The van der Waals surface area contributed by atoms with Crippen molar-refractivity contribution in [3.05, 3.63) is 24.3 Å². The number of anilines is 1. The molecule has 1 rings (SSSR count). The summed E-state index contributed by atoms with van der Waals surface area (Å²) in [7, 11) is -3.50. The molecule has 0 spiro atoms. The van der Waals surface area contributed by atoms with E-state index in [1.54, 1.807) is 12.1 Å². The van der Waals surface area contributed by atoms with E-state index in [0.717, 1.165) is 0 Å². The molecule has 0 radical (unpaired) electrons. The minimum Gasteiger partial charge on any atom is -0.399 e. The van der Waals surface area contributed by atoms with Crippen molar-refractivity contribution in [3.63, 3.8) is 0 Å². The van der Waals surface area contributed by atoms with Crippen LogP contribution >= 0.6 is 0 Å². The van der Waals surface area contributed by atoms with Crippen molar-refractivity contribution in [1.82, 2.24) is 4.72 Å². The van der Waals surface area contributed by atoms with E-state index in [1.807, 2.05) is 0 Å². The number of hydrogen-bond acceptors (Lipinski definition) is 4. The average molecular weight is 230 g/mol. The van der Waals surface area contributed by atoms with E-state index in [2.05, 4.69) is 4.72 Å². The molecule has 0 saturated heterocycles. The van der Waals surface area contributed by atoms with Gasteiger partial charge in [0.15, 0.2) is 0 Å². The van der Waals surface area contributed by atoms with E-state index in [-0.39, 0.29) is 18.0 Å². The van der Waals surface area contributed by atoms with Gasteiger partial charge in [0.1, 0.15) is 0 Å². The molecule has 0 atom stereocenters. The molecule has 84 valence electrons. The maximum absolute atomic E-state index is 11.6. The van der Waals surface area contributed by atoms with Crippen LogP contribution in [0.1, 0.15) is 6.42 Å². The van der Waals surface area contributed by atoms with Gasteiger partial charge in [0, 0.05) is 18.8 Å². The van der Waals surface area contributed by atoms with Gasteiger partial charge in [-0.25, -0.2) is 13.1 Å². The number of aliphatic hydroxyl groups is 1. The van der Waals surface area contributed by atoms with Crippen LogP contribution in [0.3, 0.4) is 0 Å². The molecule has 1 aromatic carbocycles. The Morgan fingerprint density at radius 2 is 2.13 bits per heavy atom. The highest BCUT2D eigenvalue weighted by atomic mass is 32.2. The normalized spacial score (nSPS) is 11.5. The molecule has 0 aliphatic carbocycles. The number of nitrogens with one attached hydrogen (secondary N) is 1. The molecular formula is C9H14N2O3S. The van der Waals surface area contributed by atoms with E-state index in [4.69, 9.17) is 10.8 Å². The van der Waals surface area contributed by atoms with E-state index in [0.29, 0.717) is 12.1 Å². The summed E-state index contributed by atoms with van der Waals surface area (Å²) >= 11 is 0. The van der Waals surface area contributed by atoms with Gasteiger partial charge in [0.25, 0.3) is 0 Å². The van der Waals surface area contributed by atoms with Gasteiger partial charge in [-0.3, -0.25) is 0 Å². The lowest BCUT2D eigenvalue weighted by molar-refractivity contribution is 0.289. The highest BCUT2D eigenvalue weighted by molar-refractivity contribution is 7.89. The molecule has 0 unspecified atom stereocenters. The molecule has 0 saturated carbocycles. The molecule has 0 aliphatic rings. The maximum Gasteiger partial charge on any atom is 0.240 e. The Morgan fingerprint density at radius 1 is 1.40 bits per heavy atom. The van der Waals surface area contributed by atoms with Crippen molar-refractivity contribution in [1.29, 1.82) is 0 Å². The summed E-state index contributed by atoms with van der Waals surface area (Å²) < 4.78 is 25.6. The van der Waals surface area contributed by atoms with Gasteiger partial charge in [-0.2, -0.15) is 0 Å². The molecule has 4 N–H and O–H groups in total. The molecular weight excluding hydrogens is 216 g/mol. The Kier molecular flexibility index (Phi) is 4.07. The van der Waals surface area contributed by atoms with Gasteiger partial charge in [-0.15, -0.1) is 0 Å². The number of sulfonamides is 1. The Bertz CT molecular complexity index is 417. The Labute approximate surface area is 89.0 Å². The first-order valence-electron chi connectivity index (χ1n) is 4.52. The number of hydrogen-bond donors (Lipinski definition) is 3. The molecule has 15 heavy (non-hydrogen) atoms. The van der Waals surface area contributed by atoms with Crippen molar-refractivity contribution in [3.8, 4) is 0 Å². The van der Waals surface area contributed by atoms with Gasteiger partial charge in [0.05, 0.1) is 4.90 Å². The van der Waals surface area contributed by atoms with E-state index < -0.39 is 10.0 Å². The topological polar surface area (TPSA) is 92.4 Å². The maximum atomic E-state index is 11.6. The zero-order chi connectivity index (χ0) is 11.3. The van der Waals surface area contributed by atoms with Crippen LogP contribution in [0.2, 0.25) is 0 Å². The van der Waals surface area contributed by atoms with Crippen molar-refractivity contribution in [2.75, 3.05) is 18.9 Å². The first kappa shape index (κ1) is 12.0. The fourth-order valence-corrected chi connectivity index (χ4v) is 2.18. The summed E-state index contributed by atoms with van der Waals surface area (Å²) in [5.41, 5.74) is 5.88. The van der Waals surface area contributed by atoms with Crippen LogP contribution in [0, 0.1) is 0 Å². The second-order valence-corrected chi connectivity index (χ2v) is 4.81. The lowest BCUT2D eigenvalue weighted by Gasteiger charge is -2.06. The Hall–Kier alpha value is -1.11. The first-order chi connectivity index (χ1) is 7.06. The number of nitrogen functional groups attached to an aromatic ring is 1. The number of aliphatic hydroxyl groups excluding tert-OH is 1. The predicted octanol–water partition coefficient (Wildman–Crippen LogP) is -0.0705. The fraction of sp³-hybridized carbons (Fsp3) is 0.333. The van der Waals surface area contributed by atoms with E-state index in [9.17, 15) is 8.42 Å². The summed E-state index contributed by atoms with van der Waals surface area (Å²) in [4.78, 5) is 0.139. The molecule has 0 aromatic heterocycles. The van der Waals surface area contributed by atoms with Gasteiger partial charge >= 0.3 is 0 Å². The number of rotatable bonds is 5. The quantitative estimate of drug-likeness (QED) is 0.487. The zero-order valence-corrected chi connectivity index (χ0v) is 9.00. The highest BCUT2D eigenvalue weighted by Gasteiger charge is 2.12. The van der Waals surface area contributed by atoms with Crippen LogP contribution in [-0.2, 0) is 10.0 Å². The lowest BCUT2D eigenvalue weighted by Crippen LogP contribution is -2.25. The van der Waals surface area contributed by atoms with Crippen LogP contribution in [-0.4, -0.2) is 26.7 Å². The molecule has 0 amide bonds. The summed E-state index contributed by atoms with van der Waals surface area (Å²) in [6.45, 7) is 0.174. The van der Waals surface area contributed by atoms with E-state index in [1.165, 1.54) is 12.1 Å². The van der Waals surface area contributed by atoms with Crippen molar-refractivity contribution in [2.24, 2.45) is 0 Å². The molecule has 0 aliphatic heterocycles. The first-order valence-corrected chi connectivity index (χ1v) is 6.00. The number of nitrogens with two attached hydrogens (primary N) is 1. The second kappa shape index (κ2) is 5.11. The predicted molar refractivity (Wildman–Crippen MR) is 57.7 cm³/mol. The highest BCUT2D eigenvalue weighted by Crippen LogP contribution is 2.12. The molecule has 1 aromatic rings. The zero-order valence-electron chi connectivity index (χ0n) is 8.18. The third-order valence-corrected chi connectivity index (χ3v) is 3.25. The molecule has 0 bridgehead atoms. The van der Waals surface area contributed by atoms with Crippen LogP contribution in [0.15, 0.2) is 29.2 Å². The van der Waals surface area contributed by atoms with Crippen molar-refractivity contribution < 1.29 is 13.5 Å². The second-order valence-electron chi connectivity index (χ2n) is 3.05. The third kappa shape index (κ3) is 3.50. The fourth-order valence-electron chi connectivity index (χ4n) is 1.05. The van der Waals surface area contributed by atoms with Crippen LogP contribution in [0.4, 0.5) is 5.69 Å². The summed E-state index contributed by atoms with van der Waals surface area (Å²) in [6.07, 6.45) is 0.390. The van der Waals surface area contributed by atoms with Crippen LogP contribution in [0.5, 0.6) is 0 Å². The molecule has 0 fully saturated rings. The van der Waals surface area contributed by atoms with Gasteiger partial charge in [-0.1, -0.05) is 6.07 Å². The molecule has 0 heterocycles. The van der Waals surface area contributed by atoms with Crippen LogP contribution in [0.25, 0.3) is 0 Å². The average Bonchev–Trinajstić information content (AvgIpc) is 2.18. The Morgan fingerprint density at radius 3 is 2.73 bits per heavy atom.